The van der Waals surface area contributed by atoms with Crippen molar-refractivity contribution in [3.63, 3.8) is 0 Å². The van der Waals surface area contributed by atoms with Crippen LogP contribution in [0.5, 0.6) is 0 Å². The number of benzene rings is 1. The number of halogens is 2. The van der Waals surface area contributed by atoms with Crippen molar-refractivity contribution < 1.29 is 4.79 Å². The molecule has 0 spiro atoms. The van der Waals surface area contributed by atoms with Crippen molar-refractivity contribution in [3.05, 3.63) is 30.3 Å². The van der Waals surface area contributed by atoms with Crippen molar-refractivity contribution >= 4 is 36.4 Å². The Bertz CT molecular complexity index is 397. The van der Waals surface area contributed by atoms with Gasteiger partial charge >= 0.3 is 0 Å². The van der Waals surface area contributed by atoms with Gasteiger partial charge in [0.05, 0.1) is 6.54 Å². The van der Waals surface area contributed by atoms with E-state index in [1.165, 1.54) is 0 Å². The first-order chi connectivity index (χ1) is 9.28. The van der Waals surface area contributed by atoms with E-state index in [0.29, 0.717) is 13.1 Å². The summed E-state index contributed by atoms with van der Waals surface area (Å²) in [5.41, 5.74) is 6.40. The summed E-state index contributed by atoms with van der Waals surface area (Å²) < 4.78 is 0. The van der Waals surface area contributed by atoms with Gasteiger partial charge in [-0.1, -0.05) is 18.2 Å². The largest absolute Gasteiger partial charge is 0.329 e. The van der Waals surface area contributed by atoms with Crippen molar-refractivity contribution in [2.24, 2.45) is 5.73 Å². The normalized spacial score (nSPS) is 15.7. The van der Waals surface area contributed by atoms with Gasteiger partial charge in [-0.05, 0) is 12.1 Å². The standard InChI is InChI=1S/C14H22N4O.2ClH/c15-6-7-17-8-10-18(11-9-17)12-14(19)16-13-4-2-1-3-5-13;;/h1-5H,6-12,15H2,(H,16,19);2*1H. The molecule has 120 valence electrons. The summed E-state index contributed by atoms with van der Waals surface area (Å²) >= 11 is 0. The van der Waals surface area contributed by atoms with E-state index in [1.807, 2.05) is 30.3 Å². The molecule has 1 fully saturated rings. The molecule has 0 radical (unpaired) electrons. The second-order valence-corrected chi connectivity index (χ2v) is 4.82. The molecule has 21 heavy (non-hydrogen) atoms. The number of anilines is 1. The molecule has 1 amide bonds. The van der Waals surface area contributed by atoms with Crippen molar-refractivity contribution in [3.8, 4) is 0 Å². The van der Waals surface area contributed by atoms with Crippen LogP contribution in [-0.2, 0) is 4.79 Å². The van der Waals surface area contributed by atoms with Gasteiger partial charge in [-0.3, -0.25) is 14.6 Å². The fourth-order valence-electron chi connectivity index (χ4n) is 2.28. The minimum Gasteiger partial charge on any atom is -0.329 e. The van der Waals surface area contributed by atoms with Crippen LogP contribution in [0.15, 0.2) is 30.3 Å². The third-order valence-corrected chi connectivity index (χ3v) is 3.33. The van der Waals surface area contributed by atoms with Crippen LogP contribution in [-0.4, -0.2) is 61.5 Å². The third-order valence-electron chi connectivity index (χ3n) is 3.33. The molecule has 1 saturated heterocycles. The van der Waals surface area contributed by atoms with Gasteiger partial charge in [0.15, 0.2) is 0 Å². The van der Waals surface area contributed by atoms with Gasteiger partial charge in [-0.2, -0.15) is 0 Å². The van der Waals surface area contributed by atoms with Crippen LogP contribution in [0.1, 0.15) is 0 Å². The van der Waals surface area contributed by atoms with Crippen LogP contribution in [0.25, 0.3) is 0 Å². The highest BCUT2D eigenvalue weighted by Crippen LogP contribution is 2.06. The van der Waals surface area contributed by atoms with Crippen molar-refractivity contribution in [2.45, 2.75) is 0 Å². The predicted molar refractivity (Wildman–Crippen MR) is 91.5 cm³/mol. The maximum Gasteiger partial charge on any atom is 0.238 e. The van der Waals surface area contributed by atoms with E-state index in [4.69, 9.17) is 5.73 Å². The van der Waals surface area contributed by atoms with Gasteiger partial charge in [-0.25, -0.2) is 0 Å². The molecular weight excluding hydrogens is 311 g/mol. The highest BCUT2D eigenvalue weighted by Gasteiger charge is 2.18. The quantitative estimate of drug-likeness (QED) is 0.844. The number of piperazine rings is 1. The van der Waals surface area contributed by atoms with Crippen LogP contribution >= 0.6 is 24.8 Å². The summed E-state index contributed by atoms with van der Waals surface area (Å²) in [6.07, 6.45) is 0. The topological polar surface area (TPSA) is 61.6 Å². The molecule has 7 heteroatoms. The van der Waals surface area contributed by atoms with Crippen molar-refractivity contribution in [1.29, 1.82) is 0 Å². The highest BCUT2D eigenvalue weighted by molar-refractivity contribution is 5.92. The molecule has 0 saturated carbocycles. The predicted octanol–water partition coefficient (Wildman–Crippen LogP) is 1.04. The Morgan fingerprint density at radius 1 is 1.05 bits per heavy atom. The number of nitrogens with one attached hydrogen (secondary N) is 1. The molecule has 0 atom stereocenters. The zero-order valence-electron chi connectivity index (χ0n) is 12.0. The molecule has 1 aliphatic heterocycles. The van der Waals surface area contributed by atoms with Gasteiger partial charge in [0.2, 0.25) is 5.91 Å². The smallest absolute Gasteiger partial charge is 0.238 e. The molecule has 2 rings (SSSR count). The van der Waals surface area contributed by atoms with E-state index in [2.05, 4.69) is 15.1 Å². The Morgan fingerprint density at radius 2 is 1.62 bits per heavy atom. The minimum absolute atomic E-state index is 0. The number of carbonyl (C=O) groups excluding carboxylic acids is 1. The lowest BCUT2D eigenvalue weighted by molar-refractivity contribution is -0.117. The summed E-state index contributed by atoms with van der Waals surface area (Å²) in [6, 6.07) is 9.57. The van der Waals surface area contributed by atoms with Crippen LogP contribution in [0.4, 0.5) is 5.69 Å². The number of hydrogen-bond acceptors (Lipinski definition) is 4. The van der Waals surface area contributed by atoms with E-state index in [-0.39, 0.29) is 30.7 Å². The van der Waals surface area contributed by atoms with Crippen molar-refractivity contribution in [1.82, 2.24) is 9.80 Å². The summed E-state index contributed by atoms with van der Waals surface area (Å²) in [4.78, 5) is 16.4. The summed E-state index contributed by atoms with van der Waals surface area (Å²) in [6.45, 7) is 5.97. The zero-order chi connectivity index (χ0) is 13.5. The van der Waals surface area contributed by atoms with Crippen LogP contribution in [0.2, 0.25) is 0 Å². The third kappa shape index (κ3) is 7.11. The number of nitrogens with zero attached hydrogens (tertiary/aromatic N) is 2. The van der Waals surface area contributed by atoms with Gasteiger partial charge < -0.3 is 11.1 Å². The minimum atomic E-state index is 0. The first-order valence-corrected chi connectivity index (χ1v) is 6.77. The van der Waals surface area contributed by atoms with E-state index in [1.54, 1.807) is 0 Å². The first-order valence-electron chi connectivity index (χ1n) is 6.77. The molecule has 1 heterocycles. The Kier molecular flexibility index (Phi) is 10.4. The SMILES string of the molecule is Cl.Cl.NCCN1CCN(CC(=O)Nc2ccccc2)CC1. The van der Waals surface area contributed by atoms with Crippen LogP contribution in [0, 0.1) is 0 Å². The molecule has 5 nitrogen and oxygen atoms in total. The van der Waals surface area contributed by atoms with Gasteiger partial charge in [0.1, 0.15) is 0 Å². The van der Waals surface area contributed by atoms with E-state index >= 15 is 0 Å². The van der Waals surface area contributed by atoms with E-state index < -0.39 is 0 Å². The van der Waals surface area contributed by atoms with Crippen LogP contribution < -0.4 is 11.1 Å². The lowest BCUT2D eigenvalue weighted by atomic mass is 10.3. The monoisotopic (exact) mass is 334 g/mol. The number of hydrogen-bond donors (Lipinski definition) is 2. The molecule has 0 unspecified atom stereocenters. The zero-order valence-corrected chi connectivity index (χ0v) is 13.7. The number of carbonyl (C=O) groups is 1. The second-order valence-electron chi connectivity index (χ2n) is 4.82. The molecule has 1 aliphatic rings. The van der Waals surface area contributed by atoms with Crippen molar-refractivity contribution in [2.75, 3.05) is 51.1 Å². The average Bonchev–Trinajstić information content (AvgIpc) is 2.42. The van der Waals surface area contributed by atoms with E-state index in [9.17, 15) is 4.79 Å². The molecule has 3 N–H and O–H groups in total. The number of amides is 1. The number of rotatable bonds is 5. The van der Waals surface area contributed by atoms with Gasteiger partial charge in [-0.15, -0.1) is 24.8 Å². The molecule has 1 aromatic rings. The Balaban J connectivity index is 0.00000200. The maximum atomic E-state index is 11.9. The van der Waals surface area contributed by atoms with Crippen LogP contribution in [0.3, 0.4) is 0 Å². The number of para-hydroxylation sites is 1. The molecular formula is C14H24Cl2N4O. The summed E-state index contributed by atoms with van der Waals surface area (Å²) in [7, 11) is 0. The maximum absolute atomic E-state index is 11.9. The van der Waals surface area contributed by atoms with E-state index in [0.717, 1.165) is 38.4 Å². The Hall–Kier alpha value is -0.850. The molecule has 1 aromatic carbocycles. The fourth-order valence-corrected chi connectivity index (χ4v) is 2.28. The second kappa shape index (κ2) is 10.8. The first kappa shape index (κ1) is 20.1. The Morgan fingerprint density at radius 3 is 2.19 bits per heavy atom. The van der Waals surface area contributed by atoms with Gasteiger partial charge in [0, 0.05) is 45.0 Å². The van der Waals surface area contributed by atoms with Gasteiger partial charge in [0.25, 0.3) is 0 Å². The lowest BCUT2D eigenvalue weighted by Gasteiger charge is -2.33. The molecule has 0 aliphatic carbocycles. The molecule has 0 bridgehead atoms. The average molecular weight is 335 g/mol. The summed E-state index contributed by atoms with van der Waals surface area (Å²) in [5, 5.41) is 2.91. The Labute approximate surface area is 138 Å². The highest BCUT2D eigenvalue weighted by atomic mass is 35.5. The lowest BCUT2D eigenvalue weighted by Crippen LogP contribution is -2.49. The summed E-state index contributed by atoms with van der Waals surface area (Å²) in [5.74, 6) is 0.0541. The number of nitrogens with two attached hydrogens (primary N) is 1. The molecule has 0 aromatic heterocycles. The fraction of sp³-hybridized carbons (Fsp3) is 0.500.